The third-order valence-corrected chi connectivity index (χ3v) is 10.4. The number of nitrogens with zero attached hydrogens (tertiary/aromatic N) is 5. The summed E-state index contributed by atoms with van der Waals surface area (Å²) in [5, 5.41) is 27.5. The molecule has 3 aromatic rings. The van der Waals surface area contributed by atoms with Crippen LogP contribution in [0.1, 0.15) is 11.1 Å². The van der Waals surface area contributed by atoms with Crippen molar-refractivity contribution in [2.45, 2.75) is 13.0 Å². The predicted molar refractivity (Wildman–Crippen MR) is 147 cm³/mol. The molecule has 0 saturated carbocycles. The van der Waals surface area contributed by atoms with E-state index in [0.717, 1.165) is 35.3 Å². The number of morpholine rings is 1. The molecule has 1 saturated heterocycles. The van der Waals surface area contributed by atoms with Crippen molar-refractivity contribution in [3.63, 3.8) is 0 Å². The number of fused-ring (bicyclic) bond motifs is 1. The molecule has 11 heteroatoms. The fourth-order valence-corrected chi connectivity index (χ4v) is 6.98. The average molecular weight is 522 g/mol. The normalized spacial score (nSPS) is 19.4. The zero-order valence-corrected chi connectivity index (χ0v) is 22.3. The number of ether oxygens (including phenoxy) is 2. The molecule has 37 heavy (non-hydrogen) atoms. The third kappa shape index (κ3) is 5.22. The SMILES string of the molecule is Cc1cnc(OCC2COCCN2C)c(Nc2nccc(-c3cc(C#N)c4c(c3)[PH](C)(CO)CN4)n2)c1. The summed E-state index contributed by atoms with van der Waals surface area (Å²) in [7, 11) is -0.0471. The number of benzene rings is 1. The van der Waals surface area contributed by atoms with Gasteiger partial charge in [-0.2, -0.15) is 0 Å². The van der Waals surface area contributed by atoms with Gasteiger partial charge in [0.05, 0.1) is 13.2 Å². The Morgan fingerprint density at radius 1 is 1.35 bits per heavy atom. The predicted octanol–water partition coefficient (Wildman–Crippen LogP) is 2.51. The van der Waals surface area contributed by atoms with Crippen LogP contribution in [-0.4, -0.2) is 83.7 Å². The van der Waals surface area contributed by atoms with Crippen molar-refractivity contribution in [3.05, 3.63) is 47.8 Å². The molecule has 2 aromatic heterocycles. The molecule has 0 bridgehead atoms. The van der Waals surface area contributed by atoms with Crippen LogP contribution in [-0.2, 0) is 4.74 Å². The molecular formula is C26H32N7O3P. The van der Waals surface area contributed by atoms with Crippen LogP contribution < -0.4 is 20.7 Å². The summed E-state index contributed by atoms with van der Waals surface area (Å²) >= 11 is 0. The Hall–Kier alpha value is -3.35. The topological polar surface area (TPSA) is 128 Å². The zero-order valence-electron chi connectivity index (χ0n) is 21.3. The molecule has 1 fully saturated rings. The minimum absolute atomic E-state index is 0.115. The molecule has 0 radical (unpaired) electrons. The number of aliphatic hydroxyl groups excluding tert-OH is 1. The van der Waals surface area contributed by atoms with Crippen molar-refractivity contribution in [1.29, 1.82) is 5.26 Å². The van der Waals surface area contributed by atoms with Crippen molar-refractivity contribution in [3.8, 4) is 23.2 Å². The first kappa shape index (κ1) is 25.3. The summed E-state index contributed by atoms with van der Waals surface area (Å²) in [5.74, 6) is 0.867. The van der Waals surface area contributed by atoms with Gasteiger partial charge in [0.25, 0.3) is 0 Å². The fraction of sp³-hybridized carbons (Fsp3) is 0.385. The van der Waals surface area contributed by atoms with Crippen LogP contribution in [0.3, 0.4) is 0 Å². The second-order valence-electron chi connectivity index (χ2n) is 9.91. The summed E-state index contributed by atoms with van der Waals surface area (Å²) in [6.45, 7) is 6.76. The van der Waals surface area contributed by atoms with Gasteiger partial charge < -0.3 is 4.74 Å². The maximum atomic E-state index is 10.1. The second-order valence-corrected chi connectivity index (χ2v) is 14.2. The van der Waals surface area contributed by atoms with Gasteiger partial charge in [-0.25, -0.2) is 0 Å². The van der Waals surface area contributed by atoms with Gasteiger partial charge in [-0.05, 0) is 7.05 Å². The number of aromatic nitrogens is 3. The number of hydrogen-bond acceptors (Lipinski definition) is 10. The first-order chi connectivity index (χ1) is 17.9. The number of nitriles is 1. The Morgan fingerprint density at radius 3 is 3.00 bits per heavy atom. The number of likely N-dealkylation sites (N-methyl/N-ethyl adjacent to an activating group) is 1. The van der Waals surface area contributed by atoms with E-state index in [-0.39, 0.29) is 12.4 Å². The van der Waals surface area contributed by atoms with E-state index in [2.05, 4.69) is 51.3 Å². The van der Waals surface area contributed by atoms with E-state index in [0.29, 0.717) is 48.3 Å². The molecule has 2 aliphatic rings. The molecule has 10 nitrogen and oxygen atoms in total. The number of rotatable bonds is 7. The molecule has 1 unspecified atom stereocenters. The van der Waals surface area contributed by atoms with Crippen LogP contribution in [0.25, 0.3) is 11.3 Å². The van der Waals surface area contributed by atoms with E-state index in [9.17, 15) is 10.4 Å². The van der Waals surface area contributed by atoms with E-state index in [1.54, 1.807) is 12.4 Å². The van der Waals surface area contributed by atoms with Gasteiger partial charge >= 0.3 is 180 Å². The van der Waals surface area contributed by atoms with Crippen molar-refractivity contribution in [2.75, 3.05) is 63.3 Å². The van der Waals surface area contributed by atoms with Gasteiger partial charge in [0.1, 0.15) is 0 Å². The zero-order chi connectivity index (χ0) is 26.0. The molecule has 194 valence electrons. The molecule has 5 rings (SSSR count). The van der Waals surface area contributed by atoms with Crippen LogP contribution in [0.2, 0.25) is 0 Å². The van der Waals surface area contributed by atoms with E-state index in [1.807, 2.05) is 25.1 Å². The first-order valence-electron chi connectivity index (χ1n) is 12.3. The molecule has 3 N–H and O–H groups in total. The Balaban J connectivity index is 1.41. The molecule has 0 spiro atoms. The van der Waals surface area contributed by atoms with Crippen molar-refractivity contribution >= 4 is 29.9 Å². The summed E-state index contributed by atoms with van der Waals surface area (Å²) in [4.78, 5) is 15.9. The summed E-state index contributed by atoms with van der Waals surface area (Å²) in [6, 6.07) is 10.1. The number of anilines is 3. The van der Waals surface area contributed by atoms with Crippen LogP contribution in [0.5, 0.6) is 5.88 Å². The number of nitrogens with one attached hydrogen (secondary N) is 2. The van der Waals surface area contributed by atoms with Crippen LogP contribution >= 0.6 is 7.26 Å². The molecule has 1 aromatic carbocycles. The molecule has 2 aliphatic heterocycles. The molecule has 1 atom stereocenters. The third-order valence-electron chi connectivity index (χ3n) is 7.03. The Bertz CT molecular complexity index is 1350. The number of aliphatic hydroxyl groups is 1. The van der Waals surface area contributed by atoms with Gasteiger partial charge in [0.15, 0.2) is 0 Å². The van der Waals surface area contributed by atoms with Gasteiger partial charge in [0.2, 0.25) is 0 Å². The van der Waals surface area contributed by atoms with Gasteiger partial charge in [0, 0.05) is 6.54 Å². The van der Waals surface area contributed by atoms with Crippen LogP contribution in [0.15, 0.2) is 36.7 Å². The van der Waals surface area contributed by atoms with Gasteiger partial charge in [-0.3, -0.25) is 4.90 Å². The fourth-order valence-electron chi connectivity index (χ4n) is 4.61. The molecule has 0 aliphatic carbocycles. The van der Waals surface area contributed by atoms with Gasteiger partial charge in [-0.1, -0.05) is 0 Å². The molecule has 0 amide bonds. The van der Waals surface area contributed by atoms with Crippen LogP contribution in [0, 0.1) is 18.3 Å². The first-order valence-corrected chi connectivity index (χ1v) is 15.2. The number of hydrogen-bond donors (Lipinski definition) is 3. The maximum absolute atomic E-state index is 10.1. The van der Waals surface area contributed by atoms with E-state index < -0.39 is 7.26 Å². The summed E-state index contributed by atoms with van der Waals surface area (Å²) in [6.07, 6.45) is 4.27. The van der Waals surface area contributed by atoms with Crippen LogP contribution in [0.4, 0.5) is 17.3 Å². The monoisotopic (exact) mass is 521 g/mol. The number of pyridine rings is 1. The number of aryl methyl sites for hydroxylation is 1. The quantitative estimate of drug-likeness (QED) is 0.399. The van der Waals surface area contributed by atoms with Crippen molar-refractivity contribution in [2.24, 2.45) is 0 Å². The molecular weight excluding hydrogens is 489 g/mol. The summed E-state index contributed by atoms with van der Waals surface area (Å²) < 4.78 is 11.7. The second kappa shape index (κ2) is 10.6. The molecule has 4 heterocycles. The Morgan fingerprint density at radius 2 is 2.22 bits per heavy atom. The van der Waals surface area contributed by atoms with E-state index >= 15 is 0 Å². The minimum atomic E-state index is -2.11. The Labute approximate surface area is 217 Å². The standard InChI is InChI=1S/C26H32N7O3P/c1-17-8-22(25(29-12-17)36-14-20-13-35-7-6-33(20)2)32-26-28-5-4-21(31-26)18-9-19(11-27)24-23(10-18)37(3,16-34)15-30-24/h4-5,8-10,12,20,30,34,37H,6-7,13-16H2,1-3H3,(H,28,31,32). The van der Waals surface area contributed by atoms with Crippen molar-refractivity contribution in [1.82, 2.24) is 19.9 Å². The van der Waals surface area contributed by atoms with Crippen molar-refractivity contribution < 1.29 is 14.6 Å². The van der Waals surface area contributed by atoms with E-state index in [4.69, 9.17) is 14.5 Å². The summed E-state index contributed by atoms with van der Waals surface area (Å²) in [5.41, 5.74) is 4.54. The average Bonchev–Trinajstić information content (AvgIpc) is 3.26. The van der Waals surface area contributed by atoms with E-state index in [1.165, 1.54) is 0 Å². The van der Waals surface area contributed by atoms with Gasteiger partial charge in [-0.15, -0.1) is 0 Å². The Kier molecular flexibility index (Phi) is 7.22.